The number of nitrogens with zero attached hydrogens (tertiary/aromatic N) is 2. The van der Waals surface area contributed by atoms with Gasteiger partial charge >= 0.3 is 0 Å². The Kier molecular flexibility index (Phi) is 5.43. The predicted octanol–water partition coefficient (Wildman–Crippen LogP) is 4.67. The number of rotatable bonds is 7. The van der Waals surface area contributed by atoms with Crippen LogP contribution in [-0.4, -0.2) is 27.7 Å². The van der Waals surface area contributed by atoms with E-state index in [4.69, 9.17) is 9.72 Å². The van der Waals surface area contributed by atoms with Crippen LogP contribution in [0.5, 0.6) is 5.75 Å². The molecule has 0 saturated heterocycles. The molecular formula is C20H22N2O2S. The minimum absolute atomic E-state index is 0.126. The molecule has 0 aliphatic heterocycles. The number of para-hydroxylation sites is 2. The van der Waals surface area contributed by atoms with Gasteiger partial charge in [0.25, 0.3) is 0 Å². The van der Waals surface area contributed by atoms with Crippen molar-refractivity contribution in [2.75, 3.05) is 12.4 Å². The molecule has 5 heteroatoms. The molecule has 0 aliphatic rings. The Hall–Kier alpha value is -2.27. The third kappa shape index (κ3) is 4.04. The lowest BCUT2D eigenvalue weighted by atomic mass is 10.2. The predicted molar refractivity (Wildman–Crippen MR) is 103 cm³/mol. The van der Waals surface area contributed by atoms with Crippen molar-refractivity contribution in [3.05, 3.63) is 54.1 Å². The number of carbonyl (C=O) groups is 1. The van der Waals surface area contributed by atoms with Crippen molar-refractivity contribution < 1.29 is 9.53 Å². The van der Waals surface area contributed by atoms with E-state index in [1.54, 1.807) is 18.7 Å². The fourth-order valence-electron chi connectivity index (χ4n) is 2.61. The monoisotopic (exact) mass is 354 g/mol. The zero-order valence-electron chi connectivity index (χ0n) is 14.7. The standard InChI is InChI=1S/C20H22N2O2S/c1-14-8-10-17(11-9-14)24-12-13-25-20-21-18-6-4-5-7-19(18)22(20)15(2)16(3)23/h4-11,15H,12-13H2,1-3H3. The number of carbonyl (C=O) groups excluding carboxylic acids is 1. The van der Waals surface area contributed by atoms with E-state index in [1.165, 1.54) is 5.56 Å². The van der Waals surface area contributed by atoms with Crippen molar-refractivity contribution in [1.82, 2.24) is 9.55 Å². The summed E-state index contributed by atoms with van der Waals surface area (Å²) in [5.74, 6) is 1.76. The van der Waals surface area contributed by atoms with Gasteiger partial charge in [-0.3, -0.25) is 4.79 Å². The molecule has 0 radical (unpaired) electrons. The normalized spacial score (nSPS) is 12.3. The lowest BCUT2D eigenvalue weighted by Gasteiger charge is -2.14. The van der Waals surface area contributed by atoms with Crippen LogP contribution in [0.2, 0.25) is 0 Å². The number of hydrogen-bond acceptors (Lipinski definition) is 4. The summed E-state index contributed by atoms with van der Waals surface area (Å²) in [6.07, 6.45) is 0. The highest BCUT2D eigenvalue weighted by Gasteiger charge is 2.18. The third-order valence-corrected chi connectivity index (χ3v) is 5.06. The number of hydrogen-bond donors (Lipinski definition) is 0. The van der Waals surface area contributed by atoms with E-state index in [9.17, 15) is 4.79 Å². The molecule has 1 atom stereocenters. The first-order valence-corrected chi connectivity index (χ1v) is 9.34. The second-order valence-corrected chi connectivity index (χ2v) is 7.11. The maximum atomic E-state index is 11.9. The molecule has 0 N–H and O–H groups in total. The van der Waals surface area contributed by atoms with Crippen molar-refractivity contribution in [1.29, 1.82) is 0 Å². The average Bonchev–Trinajstić information content (AvgIpc) is 2.97. The van der Waals surface area contributed by atoms with Crippen molar-refractivity contribution in [2.24, 2.45) is 0 Å². The van der Waals surface area contributed by atoms with E-state index < -0.39 is 0 Å². The quantitative estimate of drug-likeness (QED) is 0.457. The van der Waals surface area contributed by atoms with Crippen LogP contribution in [-0.2, 0) is 4.79 Å². The Labute approximate surface area is 152 Å². The number of thioether (sulfide) groups is 1. The van der Waals surface area contributed by atoms with Crippen LogP contribution in [0.3, 0.4) is 0 Å². The van der Waals surface area contributed by atoms with Gasteiger partial charge in [-0.1, -0.05) is 41.6 Å². The van der Waals surface area contributed by atoms with E-state index in [0.29, 0.717) is 6.61 Å². The second kappa shape index (κ2) is 7.74. The Balaban J connectivity index is 1.71. The molecular weight excluding hydrogens is 332 g/mol. The van der Waals surface area contributed by atoms with Crippen molar-refractivity contribution >= 4 is 28.6 Å². The van der Waals surface area contributed by atoms with Gasteiger partial charge in [0, 0.05) is 5.75 Å². The van der Waals surface area contributed by atoms with Gasteiger partial charge in [-0.25, -0.2) is 4.98 Å². The largest absolute Gasteiger partial charge is 0.493 e. The van der Waals surface area contributed by atoms with E-state index in [0.717, 1.165) is 27.7 Å². The molecule has 3 aromatic rings. The van der Waals surface area contributed by atoms with Crippen LogP contribution in [0.1, 0.15) is 25.5 Å². The Morgan fingerprint density at radius 2 is 1.92 bits per heavy atom. The molecule has 1 heterocycles. The first-order chi connectivity index (χ1) is 12.1. The lowest BCUT2D eigenvalue weighted by Crippen LogP contribution is -2.14. The van der Waals surface area contributed by atoms with Crippen molar-refractivity contribution in [3.8, 4) is 5.75 Å². The van der Waals surface area contributed by atoms with Crippen LogP contribution < -0.4 is 4.74 Å². The fourth-order valence-corrected chi connectivity index (χ4v) is 3.51. The number of aryl methyl sites for hydroxylation is 1. The zero-order chi connectivity index (χ0) is 17.8. The molecule has 0 spiro atoms. The molecule has 1 unspecified atom stereocenters. The van der Waals surface area contributed by atoms with Crippen LogP contribution in [0.25, 0.3) is 11.0 Å². The SMILES string of the molecule is CC(=O)C(C)n1c(SCCOc2ccc(C)cc2)nc2ccccc21. The minimum Gasteiger partial charge on any atom is -0.493 e. The van der Waals surface area contributed by atoms with E-state index in [-0.39, 0.29) is 11.8 Å². The number of Topliss-reactive ketones (excluding diaryl/α,β-unsaturated/α-hetero) is 1. The molecule has 0 fully saturated rings. The smallest absolute Gasteiger partial charge is 0.169 e. The average molecular weight is 354 g/mol. The zero-order valence-corrected chi connectivity index (χ0v) is 15.5. The van der Waals surface area contributed by atoms with Crippen molar-refractivity contribution in [3.63, 3.8) is 0 Å². The number of ether oxygens (including phenoxy) is 1. The molecule has 2 aromatic carbocycles. The summed E-state index contributed by atoms with van der Waals surface area (Å²) in [6, 6.07) is 15.7. The summed E-state index contributed by atoms with van der Waals surface area (Å²) in [6.45, 7) is 6.18. The van der Waals surface area contributed by atoms with Gasteiger partial charge in [0.05, 0.1) is 23.7 Å². The van der Waals surface area contributed by atoms with Gasteiger partial charge in [-0.2, -0.15) is 0 Å². The van der Waals surface area contributed by atoms with E-state index >= 15 is 0 Å². The fraction of sp³-hybridized carbons (Fsp3) is 0.300. The molecule has 25 heavy (non-hydrogen) atoms. The van der Waals surface area contributed by atoms with E-state index in [2.05, 4.69) is 6.92 Å². The van der Waals surface area contributed by atoms with Crippen LogP contribution in [0.4, 0.5) is 0 Å². The molecule has 4 nitrogen and oxygen atoms in total. The summed E-state index contributed by atoms with van der Waals surface area (Å²) < 4.78 is 7.80. The van der Waals surface area contributed by atoms with Crippen LogP contribution in [0, 0.1) is 6.92 Å². The summed E-state index contributed by atoms with van der Waals surface area (Å²) >= 11 is 1.62. The second-order valence-electron chi connectivity index (χ2n) is 6.05. The maximum Gasteiger partial charge on any atom is 0.169 e. The van der Waals surface area contributed by atoms with Crippen LogP contribution >= 0.6 is 11.8 Å². The van der Waals surface area contributed by atoms with Crippen LogP contribution in [0.15, 0.2) is 53.7 Å². The van der Waals surface area contributed by atoms with Gasteiger partial charge in [0.1, 0.15) is 5.75 Å². The maximum absolute atomic E-state index is 11.9. The molecule has 0 saturated carbocycles. The molecule has 3 rings (SSSR count). The Bertz CT molecular complexity index is 871. The lowest BCUT2D eigenvalue weighted by molar-refractivity contribution is -0.119. The summed E-state index contributed by atoms with van der Waals surface area (Å²) in [4.78, 5) is 16.6. The van der Waals surface area contributed by atoms with Gasteiger partial charge in [-0.15, -0.1) is 0 Å². The van der Waals surface area contributed by atoms with Gasteiger partial charge < -0.3 is 9.30 Å². The number of aromatic nitrogens is 2. The van der Waals surface area contributed by atoms with Gasteiger partial charge in [0.2, 0.25) is 0 Å². The minimum atomic E-state index is -0.229. The molecule has 0 bridgehead atoms. The first kappa shape index (κ1) is 17.5. The number of ketones is 1. The van der Waals surface area contributed by atoms with Gasteiger partial charge in [0.15, 0.2) is 10.9 Å². The van der Waals surface area contributed by atoms with E-state index in [1.807, 2.05) is 60.0 Å². The number of imidazole rings is 1. The Morgan fingerprint density at radius 3 is 2.64 bits per heavy atom. The highest BCUT2D eigenvalue weighted by atomic mass is 32.2. The number of benzene rings is 2. The van der Waals surface area contributed by atoms with Crippen molar-refractivity contribution in [2.45, 2.75) is 32.0 Å². The first-order valence-electron chi connectivity index (χ1n) is 8.36. The molecule has 1 aromatic heterocycles. The molecule has 130 valence electrons. The Morgan fingerprint density at radius 1 is 1.20 bits per heavy atom. The highest BCUT2D eigenvalue weighted by Crippen LogP contribution is 2.28. The molecule has 0 amide bonds. The topological polar surface area (TPSA) is 44.1 Å². The summed E-state index contributed by atoms with van der Waals surface area (Å²) in [5.41, 5.74) is 3.12. The van der Waals surface area contributed by atoms with Gasteiger partial charge in [-0.05, 0) is 45.0 Å². The molecule has 0 aliphatic carbocycles. The number of fused-ring (bicyclic) bond motifs is 1. The highest BCUT2D eigenvalue weighted by molar-refractivity contribution is 7.99. The summed E-state index contributed by atoms with van der Waals surface area (Å²) in [7, 11) is 0. The third-order valence-electron chi connectivity index (χ3n) is 4.14. The summed E-state index contributed by atoms with van der Waals surface area (Å²) in [5, 5.41) is 0.858.